The number of rotatable bonds is 6. The maximum Gasteiger partial charge on any atom is 0.305 e. The van der Waals surface area contributed by atoms with Gasteiger partial charge in [0.25, 0.3) is 0 Å². The van der Waals surface area contributed by atoms with E-state index in [0.29, 0.717) is 30.8 Å². The molecule has 1 heterocycles. The Balaban J connectivity index is 1.92. The molecule has 0 radical (unpaired) electrons. The number of hydrogen-bond donors (Lipinski definition) is 2. The van der Waals surface area contributed by atoms with Gasteiger partial charge in [0.2, 0.25) is 11.8 Å². The third kappa shape index (κ3) is 4.51. The van der Waals surface area contributed by atoms with Crippen LogP contribution in [-0.4, -0.2) is 30.9 Å². The molecule has 0 saturated carbocycles. The largest absolute Gasteiger partial charge is 0.466 e. The molecule has 0 fully saturated rings. The Bertz CT molecular complexity index is 618. The number of nitrogens with one attached hydrogen (secondary N) is 2. The Morgan fingerprint density at radius 3 is 2.96 bits per heavy atom. The average Bonchev–Trinajstić information content (AvgIpc) is 2.50. The van der Waals surface area contributed by atoms with Gasteiger partial charge in [0.05, 0.1) is 12.5 Å². The summed E-state index contributed by atoms with van der Waals surface area (Å²) >= 11 is 0. The van der Waals surface area contributed by atoms with E-state index in [1.54, 1.807) is 6.92 Å². The van der Waals surface area contributed by atoms with Crippen LogP contribution in [0.4, 0.5) is 10.1 Å². The van der Waals surface area contributed by atoms with Gasteiger partial charge in [-0.1, -0.05) is 6.07 Å². The highest BCUT2D eigenvalue weighted by atomic mass is 19.1. The molecule has 1 aliphatic heterocycles. The minimum Gasteiger partial charge on any atom is -0.466 e. The number of carbonyl (C=O) groups excluding carboxylic acids is 3. The van der Waals surface area contributed by atoms with Crippen LogP contribution < -0.4 is 10.6 Å². The minimum absolute atomic E-state index is 0.0162. The fourth-order valence-corrected chi connectivity index (χ4v) is 2.47. The lowest BCUT2D eigenvalue weighted by Crippen LogP contribution is -2.35. The van der Waals surface area contributed by atoms with E-state index in [1.807, 2.05) is 0 Å². The van der Waals surface area contributed by atoms with Crippen LogP contribution in [0.3, 0.4) is 0 Å². The molecule has 1 aromatic carbocycles. The molecule has 2 N–H and O–H groups in total. The zero-order valence-electron chi connectivity index (χ0n) is 12.9. The van der Waals surface area contributed by atoms with Crippen LogP contribution in [0.1, 0.15) is 37.7 Å². The Kier molecular flexibility index (Phi) is 5.67. The summed E-state index contributed by atoms with van der Waals surface area (Å²) in [6, 6.07) is 3.97. The standard InChI is InChI=1S/C16H19FN2O4/c1-2-23-15(21)4-3-7-18-16(22)12-9-14(20)19-13-8-10(17)5-6-11(12)13/h5-6,8,12H,2-4,7,9H2,1H3,(H,18,22)(H,19,20)/t12-/m1/s1. The van der Waals surface area contributed by atoms with Crippen LogP contribution in [0.5, 0.6) is 0 Å². The molecule has 0 aliphatic carbocycles. The first-order valence-corrected chi connectivity index (χ1v) is 7.54. The molecule has 0 bridgehead atoms. The molecule has 124 valence electrons. The van der Waals surface area contributed by atoms with Crippen molar-refractivity contribution in [3.8, 4) is 0 Å². The molecule has 0 saturated heterocycles. The van der Waals surface area contributed by atoms with Gasteiger partial charge in [0.15, 0.2) is 0 Å². The van der Waals surface area contributed by atoms with E-state index in [4.69, 9.17) is 4.74 Å². The second kappa shape index (κ2) is 7.71. The first-order valence-electron chi connectivity index (χ1n) is 7.54. The van der Waals surface area contributed by atoms with Crippen LogP contribution >= 0.6 is 0 Å². The number of hydrogen-bond acceptors (Lipinski definition) is 4. The summed E-state index contributed by atoms with van der Waals surface area (Å²) in [6.07, 6.45) is 0.698. The van der Waals surface area contributed by atoms with Gasteiger partial charge in [-0.05, 0) is 31.0 Å². The van der Waals surface area contributed by atoms with Crippen molar-refractivity contribution in [3.05, 3.63) is 29.6 Å². The number of halogens is 1. The topological polar surface area (TPSA) is 84.5 Å². The molecule has 7 heteroatoms. The number of fused-ring (bicyclic) bond motifs is 1. The predicted octanol–water partition coefficient (Wildman–Crippen LogP) is 1.71. The highest BCUT2D eigenvalue weighted by molar-refractivity contribution is 6.01. The third-order valence-corrected chi connectivity index (χ3v) is 3.53. The van der Waals surface area contributed by atoms with Gasteiger partial charge in [-0.2, -0.15) is 0 Å². The molecule has 6 nitrogen and oxygen atoms in total. The van der Waals surface area contributed by atoms with Crippen molar-refractivity contribution in [1.82, 2.24) is 5.32 Å². The number of carbonyl (C=O) groups is 3. The summed E-state index contributed by atoms with van der Waals surface area (Å²) in [5.41, 5.74) is 0.918. The maximum atomic E-state index is 13.2. The van der Waals surface area contributed by atoms with E-state index in [2.05, 4.69) is 10.6 Å². The van der Waals surface area contributed by atoms with Crippen molar-refractivity contribution < 1.29 is 23.5 Å². The van der Waals surface area contributed by atoms with Gasteiger partial charge in [-0.15, -0.1) is 0 Å². The van der Waals surface area contributed by atoms with Gasteiger partial charge in [0.1, 0.15) is 5.82 Å². The van der Waals surface area contributed by atoms with Gasteiger partial charge in [-0.25, -0.2) is 4.39 Å². The number of esters is 1. The Morgan fingerprint density at radius 1 is 1.43 bits per heavy atom. The van der Waals surface area contributed by atoms with Gasteiger partial charge in [-0.3, -0.25) is 14.4 Å². The van der Waals surface area contributed by atoms with Crippen molar-refractivity contribution >= 4 is 23.5 Å². The molecular weight excluding hydrogens is 303 g/mol. The zero-order chi connectivity index (χ0) is 16.8. The van der Waals surface area contributed by atoms with Crippen molar-refractivity contribution in [1.29, 1.82) is 0 Å². The molecule has 2 rings (SSSR count). The second-order valence-electron chi connectivity index (χ2n) is 5.24. The van der Waals surface area contributed by atoms with E-state index in [9.17, 15) is 18.8 Å². The van der Waals surface area contributed by atoms with E-state index >= 15 is 0 Å². The number of anilines is 1. The summed E-state index contributed by atoms with van der Waals surface area (Å²) in [7, 11) is 0. The fourth-order valence-electron chi connectivity index (χ4n) is 2.47. The lowest BCUT2D eigenvalue weighted by Gasteiger charge is -2.24. The molecule has 2 amide bonds. The second-order valence-corrected chi connectivity index (χ2v) is 5.24. The predicted molar refractivity (Wildman–Crippen MR) is 81.3 cm³/mol. The molecule has 0 aromatic heterocycles. The van der Waals surface area contributed by atoms with Crippen molar-refractivity contribution in [3.63, 3.8) is 0 Å². The van der Waals surface area contributed by atoms with Crippen LogP contribution in [0.25, 0.3) is 0 Å². The summed E-state index contributed by atoms with van der Waals surface area (Å²) < 4.78 is 18.0. The monoisotopic (exact) mass is 322 g/mol. The Morgan fingerprint density at radius 2 is 2.22 bits per heavy atom. The maximum absolute atomic E-state index is 13.2. The van der Waals surface area contributed by atoms with Gasteiger partial charge in [0, 0.05) is 25.1 Å². The van der Waals surface area contributed by atoms with Crippen LogP contribution in [0.2, 0.25) is 0 Å². The minimum atomic E-state index is -0.651. The summed E-state index contributed by atoms with van der Waals surface area (Å²) in [5.74, 6) is -2.06. The van der Waals surface area contributed by atoms with E-state index in [-0.39, 0.29) is 30.6 Å². The van der Waals surface area contributed by atoms with Crippen molar-refractivity contribution in [2.75, 3.05) is 18.5 Å². The molecule has 1 aromatic rings. The Labute approximate surface area is 133 Å². The number of ether oxygens (including phenoxy) is 1. The molecular formula is C16H19FN2O4. The highest BCUT2D eigenvalue weighted by Gasteiger charge is 2.30. The normalized spacial score (nSPS) is 16.3. The van der Waals surface area contributed by atoms with Crippen molar-refractivity contribution in [2.45, 2.75) is 32.1 Å². The lowest BCUT2D eigenvalue weighted by atomic mass is 9.89. The SMILES string of the molecule is CCOC(=O)CCCNC(=O)[C@@H]1CC(=O)Nc2cc(F)ccc21. The summed E-state index contributed by atoms with van der Waals surface area (Å²) in [5, 5.41) is 5.27. The average molecular weight is 322 g/mol. The van der Waals surface area contributed by atoms with Gasteiger partial charge < -0.3 is 15.4 Å². The number of benzene rings is 1. The molecule has 23 heavy (non-hydrogen) atoms. The van der Waals surface area contributed by atoms with E-state index in [0.717, 1.165) is 0 Å². The first kappa shape index (κ1) is 16.9. The van der Waals surface area contributed by atoms with Gasteiger partial charge >= 0.3 is 5.97 Å². The Hall–Kier alpha value is -2.44. The van der Waals surface area contributed by atoms with Crippen LogP contribution in [-0.2, 0) is 19.1 Å². The van der Waals surface area contributed by atoms with E-state index < -0.39 is 11.7 Å². The zero-order valence-corrected chi connectivity index (χ0v) is 12.9. The van der Waals surface area contributed by atoms with Crippen molar-refractivity contribution in [2.24, 2.45) is 0 Å². The number of amides is 2. The molecule has 0 unspecified atom stereocenters. The quantitative estimate of drug-likeness (QED) is 0.617. The molecule has 0 spiro atoms. The lowest BCUT2D eigenvalue weighted by molar-refractivity contribution is -0.143. The first-order chi connectivity index (χ1) is 11.0. The third-order valence-electron chi connectivity index (χ3n) is 3.53. The smallest absolute Gasteiger partial charge is 0.305 e. The molecule has 1 aliphatic rings. The van der Waals surface area contributed by atoms with Crippen LogP contribution in [0, 0.1) is 5.82 Å². The van der Waals surface area contributed by atoms with E-state index in [1.165, 1.54) is 18.2 Å². The fraction of sp³-hybridized carbons (Fsp3) is 0.438. The van der Waals surface area contributed by atoms with Crippen LogP contribution in [0.15, 0.2) is 18.2 Å². The highest BCUT2D eigenvalue weighted by Crippen LogP contribution is 2.32. The summed E-state index contributed by atoms with van der Waals surface area (Å²) in [6.45, 7) is 2.37. The molecule has 1 atom stereocenters. The summed E-state index contributed by atoms with van der Waals surface area (Å²) in [4.78, 5) is 35.1.